The van der Waals surface area contributed by atoms with Crippen molar-refractivity contribution < 1.29 is 22.0 Å². The maximum Gasteiger partial charge on any atom is 0.341 e. The minimum absolute atomic E-state index is 0.0441. The molecule has 1 heterocycles. The summed E-state index contributed by atoms with van der Waals surface area (Å²) in [5.41, 5.74) is 0. The molecule has 0 spiro atoms. The van der Waals surface area contributed by atoms with Gasteiger partial charge in [0, 0.05) is 19.5 Å². The number of nitrogens with zero attached hydrogens (tertiary/aromatic N) is 1. The van der Waals surface area contributed by atoms with E-state index in [-0.39, 0.29) is 13.1 Å². The van der Waals surface area contributed by atoms with Gasteiger partial charge in [0.05, 0.1) is 0 Å². The standard InChI is InChI=1S/C10H14F5N/c1-2-5-9(12,13)8(11)10(14,15)16-6-3-4-7-16/h2,8H,1,3-7H2. The fraction of sp³-hybridized carbons (Fsp3) is 0.800. The van der Waals surface area contributed by atoms with Crippen LogP contribution in [0.2, 0.25) is 0 Å². The van der Waals surface area contributed by atoms with Crippen LogP contribution in [0.25, 0.3) is 0 Å². The topological polar surface area (TPSA) is 3.24 Å². The van der Waals surface area contributed by atoms with E-state index in [2.05, 4.69) is 6.58 Å². The second-order valence-electron chi connectivity index (χ2n) is 3.90. The van der Waals surface area contributed by atoms with Crippen molar-refractivity contribution in [2.75, 3.05) is 13.1 Å². The molecule has 0 aromatic carbocycles. The summed E-state index contributed by atoms with van der Waals surface area (Å²) in [6.45, 7) is 2.91. The summed E-state index contributed by atoms with van der Waals surface area (Å²) in [6, 6.07) is -4.11. The largest absolute Gasteiger partial charge is 0.341 e. The van der Waals surface area contributed by atoms with Gasteiger partial charge in [0.15, 0.2) is 0 Å². The molecule has 94 valence electrons. The number of hydrogen-bond donors (Lipinski definition) is 0. The van der Waals surface area contributed by atoms with Crippen LogP contribution in [-0.2, 0) is 0 Å². The first kappa shape index (κ1) is 13.4. The van der Waals surface area contributed by atoms with Gasteiger partial charge in [-0.05, 0) is 12.8 Å². The molecule has 1 unspecified atom stereocenters. The zero-order valence-corrected chi connectivity index (χ0v) is 8.73. The Bertz CT molecular complexity index is 248. The molecule has 1 saturated heterocycles. The van der Waals surface area contributed by atoms with Crippen LogP contribution in [0, 0.1) is 0 Å². The summed E-state index contributed by atoms with van der Waals surface area (Å²) in [7, 11) is 0. The number of rotatable bonds is 5. The Labute approximate surface area is 90.9 Å². The Morgan fingerprint density at radius 2 is 1.69 bits per heavy atom. The van der Waals surface area contributed by atoms with Gasteiger partial charge in [0.2, 0.25) is 6.17 Å². The Hall–Kier alpha value is -0.650. The second-order valence-corrected chi connectivity index (χ2v) is 3.90. The summed E-state index contributed by atoms with van der Waals surface area (Å²) < 4.78 is 66.0. The van der Waals surface area contributed by atoms with E-state index in [1.54, 1.807) is 0 Å². The van der Waals surface area contributed by atoms with E-state index in [1.807, 2.05) is 0 Å². The number of allylic oxidation sites excluding steroid dienone is 1. The van der Waals surface area contributed by atoms with Gasteiger partial charge in [-0.1, -0.05) is 6.08 Å². The summed E-state index contributed by atoms with van der Waals surface area (Å²) >= 11 is 0. The first-order valence-corrected chi connectivity index (χ1v) is 5.08. The van der Waals surface area contributed by atoms with Gasteiger partial charge in [0.25, 0.3) is 5.92 Å². The predicted molar refractivity (Wildman–Crippen MR) is 50.4 cm³/mol. The Morgan fingerprint density at radius 3 is 2.12 bits per heavy atom. The first-order chi connectivity index (χ1) is 7.32. The fourth-order valence-corrected chi connectivity index (χ4v) is 1.73. The van der Waals surface area contributed by atoms with Crippen molar-refractivity contribution in [1.82, 2.24) is 4.90 Å². The van der Waals surface area contributed by atoms with Crippen LogP contribution in [0.3, 0.4) is 0 Å². The molecule has 0 aromatic rings. The highest BCUT2D eigenvalue weighted by molar-refractivity contribution is 4.93. The molecule has 0 amide bonds. The van der Waals surface area contributed by atoms with Crippen molar-refractivity contribution in [2.24, 2.45) is 0 Å². The molecular weight excluding hydrogens is 229 g/mol. The van der Waals surface area contributed by atoms with Crippen LogP contribution in [0.5, 0.6) is 0 Å². The summed E-state index contributed by atoms with van der Waals surface area (Å²) in [5.74, 6) is -4.08. The lowest BCUT2D eigenvalue weighted by atomic mass is 10.1. The molecule has 1 rings (SSSR count). The molecule has 0 N–H and O–H groups in total. The summed E-state index contributed by atoms with van der Waals surface area (Å²) in [4.78, 5) is 0.481. The highest BCUT2D eigenvalue weighted by atomic mass is 19.3. The van der Waals surface area contributed by atoms with E-state index in [0.717, 1.165) is 6.08 Å². The number of hydrogen-bond acceptors (Lipinski definition) is 1. The van der Waals surface area contributed by atoms with Crippen molar-refractivity contribution in [3.63, 3.8) is 0 Å². The first-order valence-electron chi connectivity index (χ1n) is 5.08. The molecule has 1 aliphatic heterocycles. The van der Waals surface area contributed by atoms with E-state index in [1.165, 1.54) is 0 Å². The third kappa shape index (κ3) is 2.53. The van der Waals surface area contributed by atoms with Gasteiger partial charge in [-0.25, -0.2) is 18.1 Å². The molecule has 0 saturated carbocycles. The molecule has 1 atom stereocenters. The van der Waals surface area contributed by atoms with Crippen LogP contribution in [0.1, 0.15) is 19.3 Å². The molecule has 1 nitrogen and oxygen atoms in total. The molecule has 0 aliphatic carbocycles. The monoisotopic (exact) mass is 243 g/mol. The van der Waals surface area contributed by atoms with Gasteiger partial charge in [-0.2, -0.15) is 8.78 Å². The Morgan fingerprint density at radius 1 is 1.19 bits per heavy atom. The third-order valence-corrected chi connectivity index (χ3v) is 2.62. The van der Waals surface area contributed by atoms with Crippen molar-refractivity contribution >= 4 is 0 Å². The van der Waals surface area contributed by atoms with Gasteiger partial charge in [0.1, 0.15) is 0 Å². The molecule has 0 aromatic heterocycles. The quantitative estimate of drug-likeness (QED) is 0.407. The SMILES string of the molecule is C=CCC(F)(F)C(F)C(F)(F)N1CCCC1. The van der Waals surface area contributed by atoms with E-state index in [4.69, 9.17) is 0 Å². The maximum absolute atomic E-state index is 13.4. The molecule has 0 radical (unpaired) electrons. The number of alkyl halides is 5. The van der Waals surface area contributed by atoms with Gasteiger partial charge < -0.3 is 0 Å². The van der Waals surface area contributed by atoms with Crippen LogP contribution >= 0.6 is 0 Å². The molecule has 0 bridgehead atoms. The smallest absolute Gasteiger partial charge is 0.242 e. The van der Waals surface area contributed by atoms with Crippen molar-refractivity contribution in [1.29, 1.82) is 0 Å². The molecule has 1 fully saturated rings. The van der Waals surface area contributed by atoms with E-state index >= 15 is 0 Å². The molecule has 6 heteroatoms. The Balaban J connectivity index is 2.76. The minimum atomic E-state index is -4.11. The van der Waals surface area contributed by atoms with Gasteiger partial charge in [-0.3, -0.25) is 0 Å². The predicted octanol–water partition coefficient (Wildman–Crippen LogP) is 3.22. The summed E-state index contributed by atoms with van der Waals surface area (Å²) in [6.07, 6.45) is -2.87. The lowest BCUT2D eigenvalue weighted by Gasteiger charge is -2.33. The molecule has 1 aliphatic rings. The molecule has 16 heavy (non-hydrogen) atoms. The normalized spacial score (nSPS) is 21.1. The number of likely N-dealkylation sites (tertiary alicyclic amines) is 1. The van der Waals surface area contributed by atoms with Crippen LogP contribution in [0.15, 0.2) is 12.7 Å². The van der Waals surface area contributed by atoms with Crippen LogP contribution in [-0.4, -0.2) is 36.1 Å². The van der Waals surface area contributed by atoms with Gasteiger partial charge >= 0.3 is 6.05 Å². The lowest BCUT2D eigenvalue weighted by Crippen LogP contribution is -2.54. The highest BCUT2D eigenvalue weighted by Crippen LogP contribution is 2.39. The van der Waals surface area contributed by atoms with Crippen molar-refractivity contribution in [3.05, 3.63) is 12.7 Å². The zero-order valence-electron chi connectivity index (χ0n) is 8.73. The average molecular weight is 243 g/mol. The fourth-order valence-electron chi connectivity index (χ4n) is 1.73. The minimum Gasteiger partial charge on any atom is -0.242 e. The van der Waals surface area contributed by atoms with Gasteiger partial charge in [-0.15, -0.1) is 6.58 Å². The van der Waals surface area contributed by atoms with Crippen molar-refractivity contribution in [2.45, 2.75) is 37.4 Å². The number of halogens is 5. The van der Waals surface area contributed by atoms with Crippen molar-refractivity contribution in [3.8, 4) is 0 Å². The summed E-state index contributed by atoms with van der Waals surface area (Å²) in [5, 5.41) is 0. The third-order valence-electron chi connectivity index (χ3n) is 2.62. The van der Waals surface area contributed by atoms with E-state index in [9.17, 15) is 22.0 Å². The highest BCUT2D eigenvalue weighted by Gasteiger charge is 2.58. The van der Waals surface area contributed by atoms with E-state index in [0.29, 0.717) is 17.7 Å². The lowest BCUT2D eigenvalue weighted by molar-refractivity contribution is -0.243. The van der Waals surface area contributed by atoms with E-state index < -0.39 is 24.6 Å². The molecular formula is C10H14F5N. The Kier molecular flexibility index (Phi) is 3.93. The van der Waals surface area contributed by atoms with Crippen LogP contribution < -0.4 is 0 Å². The van der Waals surface area contributed by atoms with Crippen LogP contribution in [0.4, 0.5) is 22.0 Å². The maximum atomic E-state index is 13.4. The zero-order chi connectivity index (χ0) is 12.4. The second kappa shape index (κ2) is 4.69. The average Bonchev–Trinajstić information content (AvgIpc) is 2.69.